The molecule has 144 valence electrons. The molecule has 1 aromatic heterocycles. The van der Waals surface area contributed by atoms with Gasteiger partial charge in [-0.2, -0.15) is 0 Å². The number of hydrogen-bond acceptors (Lipinski definition) is 3. The van der Waals surface area contributed by atoms with Crippen LogP contribution >= 0.6 is 0 Å². The fourth-order valence-electron chi connectivity index (χ4n) is 3.75. The van der Waals surface area contributed by atoms with Gasteiger partial charge in [0.2, 0.25) is 0 Å². The van der Waals surface area contributed by atoms with E-state index in [1.165, 1.54) is 10.5 Å². The molecular formula is C23H23NO4. The van der Waals surface area contributed by atoms with Gasteiger partial charge >= 0.3 is 6.09 Å². The summed E-state index contributed by atoms with van der Waals surface area (Å²) in [5.74, 6) is 0.137. The van der Waals surface area contributed by atoms with Crippen LogP contribution in [0.2, 0.25) is 0 Å². The minimum absolute atomic E-state index is 0.137. The van der Waals surface area contributed by atoms with Gasteiger partial charge in [0.15, 0.2) is 0 Å². The molecule has 0 radical (unpaired) electrons. The summed E-state index contributed by atoms with van der Waals surface area (Å²) in [4.78, 5) is 12.8. The third-order valence-corrected chi connectivity index (χ3v) is 5.33. The summed E-state index contributed by atoms with van der Waals surface area (Å²) < 4.78 is 11.4. The van der Waals surface area contributed by atoms with Crippen LogP contribution in [0.15, 0.2) is 77.6 Å². The van der Waals surface area contributed by atoms with Crippen LogP contribution in [-0.2, 0) is 11.3 Å². The van der Waals surface area contributed by atoms with Crippen LogP contribution in [0.1, 0.15) is 23.5 Å². The Balaban J connectivity index is 1.44. The van der Waals surface area contributed by atoms with Crippen LogP contribution in [0.25, 0.3) is 11.1 Å². The zero-order valence-electron chi connectivity index (χ0n) is 15.5. The van der Waals surface area contributed by atoms with E-state index in [1.807, 2.05) is 24.3 Å². The van der Waals surface area contributed by atoms with Crippen LogP contribution < -0.4 is 0 Å². The van der Waals surface area contributed by atoms with Gasteiger partial charge in [-0.1, -0.05) is 54.6 Å². The number of rotatable bonds is 5. The average molecular weight is 377 g/mol. The minimum atomic E-state index is -0.897. The van der Waals surface area contributed by atoms with Gasteiger partial charge < -0.3 is 19.2 Å². The Bertz CT molecular complexity index is 890. The highest BCUT2D eigenvalue weighted by Gasteiger charge is 2.33. The Morgan fingerprint density at radius 2 is 1.82 bits per heavy atom. The molecule has 5 nitrogen and oxygen atoms in total. The predicted molar refractivity (Wildman–Crippen MR) is 106 cm³/mol. The highest BCUT2D eigenvalue weighted by molar-refractivity contribution is 5.65. The van der Waals surface area contributed by atoms with Crippen molar-refractivity contribution >= 4 is 6.09 Å². The molecule has 0 aliphatic carbocycles. The molecule has 1 aliphatic rings. The van der Waals surface area contributed by atoms with E-state index < -0.39 is 6.09 Å². The van der Waals surface area contributed by atoms with E-state index in [0.29, 0.717) is 19.7 Å². The van der Waals surface area contributed by atoms with Crippen molar-refractivity contribution in [2.45, 2.75) is 25.0 Å². The second kappa shape index (κ2) is 8.31. The number of piperidine rings is 1. The molecule has 0 bridgehead atoms. The Hall–Kier alpha value is -3.05. The molecule has 3 aromatic rings. The van der Waals surface area contributed by atoms with Crippen molar-refractivity contribution in [2.24, 2.45) is 0 Å². The van der Waals surface area contributed by atoms with E-state index in [2.05, 4.69) is 36.4 Å². The molecule has 2 atom stereocenters. The number of furan rings is 1. The van der Waals surface area contributed by atoms with Crippen molar-refractivity contribution in [3.8, 4) is 11.1 Å². The SMILES string of the molecule is O=C(O)N1CCC(c2ccoc2)C(OCc2ccc(-c3ccccc3)cc2)C1. The van der Waals surface area contributed by atoms with Gasteiger partial charge in [0, 0.05) is 12.5 Å². The van der Waals surface area contributed by atoms with E-state index in [1.54, 1.807) is 12.5 Å². The number of nitrogens with zero attached hydrogens (tertiary/aromatic N) is 1. The normalized spacial score (nSPS) is 19.5. The summed E-state index contributed by atoms with van der Waals surface area (Å²) in [5.41, 5.74) is 4.47. The number of amides is 1. The smallest absolute Gasteiger partial charge is 0.407 e. The number of hydrogen-bond donors (Lipinski definition) is 1. The summed E-state index contributed by atoms with van der Waals surface area (Å²) in [5, 5.41) is 9.35. The van der Waals surface area contributed by atoms with Gasteiger partial charge in [0.1, 0.15) is 0 Å². The van der Waals surface area contributed by atoms with Crippen molar-refractivity contribution in [3.63, 3.8) is 0 Å². The molecule has 1 amide bonds. The summed E-state index contributed by atoms with van der Waals surface area (Å²) in [6, 6.07) is 20.5. The maximum absolute atomic E-state index is 11.4. The third kappa shape index (κ3) is 4.10. The van der Waals surface area contributed by atoms with Crippen LogP contribution in [-0.4, -0.2) is 35.3 Å². The van der Waals surface area contributed by atoms with Gasteiger partial charge in [-0.25, -0.2) is 4.79 Å². The van der Waals surface area contributed by atoms with Gasteiger partial charge in [-0.05, 0) is 34.7 Å². The molecule has 4 rings (SSSR count). The second-order valence-electron chi connectivity index (χ2n) is 7.09. The van der Waals surface area contributed by atoms with E-state index in [9.17, 15) is 9.90 Å². The molecule has 1 N–H and O–H groups in total. The molecule has 2 unspecified atom stereocenters. The van der Waals surface area contributed by atoms with Crippen molar-refractivity contribution in [1.82, 2.24) is 4.90 Å². The fraction of sp³-hybridized carbons (Fsp3) is 0.261. The Morgan fingerprint density at radius 3 is 2.50 bits per heavy atom. The average Bonchev–Trinajstić information content (AvgIpc) is 3.28. The number of likely N-dealkylation sites (tertiary alicyclic amines) is 1. The van der Waals surface area contributed by atoms with Crippen LogP contribution in [0, 0.1) is 0 Å². The van der Waals surface area contributed by atoms with E-state index >= 15 is 0 Å². The summed E-state index contributed by atoms with van der Waals surface area (Å²) >= 11 is 0. The molecule has 1 aliphatic heterocycles. The van der Waals surface area contributed by atoms with E-state index in [0.717, 1.165) is 23.1 Å². The number of carbonyl (C=O) groups is 1. The highest BCUT2D eigenvalue weighted by atomic mass is 16.5. The largest absolute Gasteiger partial charge is 0.472 e. The highest BCUT2D eigenvalue weighted by Crippen LogP contribution is 2.31. The van der Waals surface area contributed by atoms with Crippen molar-refractivity contribution in [1.29, 1.82) is 0 Å². The van der Waals surface area contributed by atoms with Crippen LogP contribution in [0.5, 0.6) is 0 Å². The van der Waals surface area contributed by atoms with Gasteiger partial charge in [-0.15, -0.1) is 0 Å². The molecular weight excluding hydrogens is 354 g/mol. The number of ether oxygens (including phenoxy) is 1. The van der Waals surface area contributed by atoms with E-state index in [4.69, 9.17) is 9.15 Å². The molecule has 2 heterocycles. The van der Waals surface area contributed by atoms with Crippen molar-refractivity contribution in [3.05, 3.63) is 84.3 Å². The Morgan fingerprint density at radius 1 is 1.07 bits per heavy atom. The van der Waals surface area contributed by atoms with Gasteiger partial charge in [-0.3, -0.25) is 0 Å². The lowest BCUT2D eigenvalue weighted by molar-refractivity contribution is -0.0200. The number of benzene rings is 2. The van der Waals surface area contributed by atoms with Gasteiger partial charge in [0.25, 0.3) is 0 Å². The second-order valence-corrected chi connectivity index (χ2v) is 7.09. The Kier molecular flexibility index (Phi) is 5.44. The summed E-state index contributed by atoms with van der Waals surface area (Å²) in [7, 11) is 0. The summed E-state index contributed by atoms with van der Waals surface area (Å²) in [6.45, 7) is 1.33. The van der Waals surface area contributed by atoms with Crippen molar-refractivity contribution < 1.29 is 19.1 Å². The molecule has 5 heteroatoms. The predicted octanol–water partition coefficient (Wildman–Crippen LogP) is 5.00. The quantitative estimate of drug-likeness (QED) is 0.680. The lowest BCUT2D eigenvalue weighted by Crippen LogP contribution is -2.46. The lowest BCUT2D eigenvalue weighted by atomic mass is 9.88. The topological polar surface area (TPSA) is 62.9 Å². The molecule has 28 heavy (non-hydrogen) atoms. The molecule has 2 aromatic carbocycles. The van der Waals surface area contributed by atoms with E-state index in [-0.39, 0.29) is 12.0 Å². The Labute approximate surface area is 164 Å². The maximum Gasteiger partial charge on any atom is 0.407 e. The lowest BCUT2D eigenvalue weighted by Gasteiger charge is -2.36. The zero-order chi connectivity index (χ0) is 19.3. The summed E-state index contributed by atoms with van der Waals surface area (Å²) in [6.07, 6.45) is 3.01. The van der Waals surface area contributed by atoms with Gasteiger partial charge in [0.05, 0.1) is 31.8 Å². The molecule has 1 saturated heterocycles. The minimum Gasteiger partial charge on any atom is -0.472 e. The maximum atomic E-state index is 11.4. The van der Waals surface area contributed by atoms with Crippen LogP contribution in [0.4, 0.5) is 4.79 Å². The first kappa shape index (κ1) is 18.3. The first-order valence-corrected chi connectivity index (χ1v) is 9.46. The molecule has 0 spiro atoms. The van der Waals surface area contributed by atoms with Crippen LogP contribution in [0.3, 0.4) is 0 Å². The third-order valence-electron chi connectivity index (χ3n) is 5.33. The van der Waals surface area contributed by atoms with Crippen molar-refractivity contribution in [2.75, 3.05) is 13.1 Å². The fourth-order valence-corrected chi connectivity index (χ4v) is 3.75. The monoisotopic (exact) mass is 377 g/mol. The first-order valence-electron chi connectivity index (χ1n) is 9.46. The standard InChI is InChI=1S/C23H23NO4/c25-23(26)24-12-10-21(20-11-13-27-16-20)22(14-24)28-15-17-6-8-19(9-7-17)18-4-2-1-3-5-18/h1-9,11,13,16,21-22H,10,12,14-15H2,(H,25,26). The number of carboxylic acid groups (broad SMARTS) is 1. The zero-order valence-corrected chi connectivity index (χ0v) is 15.5. The molecule has 0 saturated carbocycles. The first-order chi connectivity index (χ1) is 13.7. The molecule has 1 fully saturated rings.